The summed E-state index contributed by atoms with van der Waals surface area (Å²) in [5.74, 6) is 2.63. The predicted molar refractivity (Wildman–Crippen MR) is 67.2 cm³/mol. The zero-order valence-corrected chi connectivity index (χ0v) is 10.4. The lowest BCUT2D eigenvalue weighted by Crippen LogP contribution is -2.34. The van der Waals surface area contributed by atoms with Crippen LogP contribution in [0, 0.1) is 12.3 Å². The summed E-state index contributed by atoms with van der Waals surface area (Å²) in [7, 11) is 0. The first kappa shape index (κ1) is 11.6. The Labute approximate surface area is 107 Å². The molecule has 1 unspecified atom stereocenters. The zero-order valence-electron chi connectivity index (χ0n) is 8.80. The molecule has 1 aromatic heterocycles. The van der Waals surface area contributed by atoms with Gasteiger partial charge in [0.2, 0.25) is 0 Å². The molecule has 86 valence electrons. The molecule has 0 bridgehead atoms. The Morgan fingerprint density at radius 3 is 2.94 bits per heavy atom. The van der Waals surface area contributed by atoms with Crippen molar-refractivity contribution in [3.8, 4) is 12.3 Å². The van der Waals surface area contributed by atoms with Gasteiger partial charge in [-0.2, -0.15) is 4.99 Å². The first-order valence-electron chi connectivity index (χ1n) is 4.83. The number of halogens is 1. The van der Waals surface area contributed by atoms with Crippen molar-refractivity contribution in [2.24, 2.45) is 10.7 Å². The molecule has 0 saturated heterocycles. The summed E-state index contributed by atoms with van der Waals surface area (Å²) >= 11 is 3.29. The monoisotopic (exact) mass is 292 g/mol. The van der Waals surface area contributed by atoms with Gasteiger partial charge in [0.1, 0.15) is 11.9 Å². The van der Waals surface area contributed by atoms with Crippen LogP contribution in [0.1, 0.15) is 11.7 Å². The lowest BCUT2D eigenvalue weighted by molar-refractivity contribution is 0.213. The number of nitrogens with zero attached hydrogens (tertiary/aromatic N) is 3. The molecule has 2 heterocycles. The topological polar surface area (TPSA) is 71.6 Å². The molecular weight excluding hydrogens is 284 g/mol. The summed E-state index contributed by atoms with van der Waals surface area (Å²) in [6.07, 6.45) is 6.86. The third kappa shape index (κ3) is 2.15. The van der Waals surface area contributed by atoms with E-state index >= 15 is 0 Å². The fourth-order valence-electron chi connectivity index (χ4n) is 1.62. The first-order chi connectivity index (χ1) is 8.13. The maximum absolute atomic E-state index is 11.6. The number of carbonyl (C=O) groups excluding carboxylic acids is 1. The standard InChI is InChI=1S/C11H9BrN4O/c1-2-5-16-9(10(13)15-11(16)17)8-4-3-7(12)6-14-8/h1,3-4,6,9H,5H2,(H2,13,15,17). The van der Waals surface area contributed by atoms with Crippen LogP contribution in [0.25, 0.3) is 0 Å². The molecule has 0 aliphatic carbocycles. The van der Waals surface area contributed by atoms with Crippen LogP contribution in [0.4, 0.5) is 4.79 Å². The number of aliphatic imine (C=N–C) groups is 1. The minimum Gasteiger partial charge on any atom is -0.385 e. The molecule has 0 saturated carbocycles. The van der Waals surface area contributed by atoms with E-state index in [4.69, 9.17) is 12.2 Å². The van der Waals surface area contributed by atoms with Crippen LogP contribution >= 0.6 is 15.9 Å². The fourth-order valence-corrected chi connectivity index (χ4v) is 1.86. The number of amidine groups is 1. The van der Waals surface area contributed by atoms with Crippen LogP contribution in [0.15, 0.2) is 27.8 Å². The van der Waals surface area contributed by atoms with Gasteiger partial charge in [-0.25, -0.2) is 4.79 Å². The Kier molecular flexibility index (Phi) is 3.11. The van der Waals surface area contributed by atoms with Gasteiger partial charge < -0.3 is 5.73 Å². The molecule has 1 aromatic rings. The van der Waals surface area contributed by atoms with Gasteiger partial charge >= 0.3 is 6.03 Å². The van der Waals surface area contributed by atoms with Crippen molar-refractivity contribution >= 4 is 27.8 Å². The Balaban J connectivity index is 2.36. The fraction of sp³-hybridized carbons (Fsp3) is 0.182. The molecule has 2 rings (SSSR count). The van der Waals surface area contributed by atoms with Crippen LogP contribution in [-0.2, 0) is 0 Å². The van der Waals surface area contributed by atoms with Gasteiger partial charge in [0.15, 0.2) is 0 Å². The number of rotatable bonds is 2. The van der Waals surface area contributed by atoms with E-state index in [1.165, 1.54) is 4.90 Å². The third-order valence-electron chi connectivity index (χ3n) is 2.35. The van der Waals surface area contributed by atoms with Crippen molar-refractivity contribution in [2.45, 2.75) is 6.04 Å². The summed E-state index contributed by atoms with van der Waals surface area (Å²) in [6.45, 7) is 0.158. The normalized spacial score (nSPS) is 19.1. The average molecular weight is 293 g/mol. The number of hydrogen-bond acceptors (Lipinski definition) is 3. The number of hydrogen-bond donors (Lipinski definition) is 1. The molecule has 2 amide bonds. The second kappa shape index (κ2) is 4.55. The zero-order chi connectivity index (χ0) is 12.4. The van der Waals surface area contributed by atoms with Crippen molar-refractivity contribution < 1.29 is 4.79 Å². The second-order valence-electron chi connectivity index (χ2n) is 3.46. The summed E-state index contributed by atoms with van der Waals surface area (Å²) < 4.78 is 0.851. The van der Waals surface area contributed by atoms with E-state index < -0.39 is 12.1 Å². The number of urea groups is 1. The minimum atomic E-state index is -0.466. The molecule has 17 heavy (non-hydrogen) atoms. The van der Waals surface area contributed by atoms with Crippen molar-refractivity contribution in [1.29, 1.82) is 0 Å². The number of carbonyl (C=O) groups is 1. The van der Waals surface area contributed by atoms with Crippen LogP contribution in [0.5, 0.6) is 0 Å². The maximum Gasteiger partial charge on any atom is 0.347 e. The summed E-state index contributed by atoms with van der Waals surface area (Å²) in [5.41, 5.74) is 6.38. The summed E-state index contributed by atoms with van der Waals surface area (Å²) in [5, 5.41) is 0. The average Bonchev–Trinajstić information content (AvgIpc) is 2.56. The van der Waals surface area contributed by atoms with Crippen LogP contribution in [0.3, 0.4) is 0 Å². The number of aromatic nitrogens is 1. The van der Waals surface area contributed by atoms with Gasteiger partial charge in [0, 0.05) is 10.7 Å². The van der Waals surface area contributed by atoms with E-state index in [1.807, 2.05) is 6.07 Å². The highest BCUT2D eigenvalue weighted by Gasteiger charge is 2.34. The summed E-state index contributed by atoms with van der Waals surface area (Å²) in [4.78, 5) is 20.9. The highest BCUT2D eigenvalue weighted by molar-refractivity contribution is 9.10. The van der Waals surface area contributed by atoms with Crippen molar-refractivity contribution in [3.63, 3.8) is 0 Å². The second-order valence-corrected chi connectivity index (χ2v) is 4.37. The van der Waals surface area contributed by atoms with Crippen LogP contribution in [0.2, 0.25) is 0 Å². The largest absolute Gasteiger partial charge is 0.385 e. The molecule has 6 heteroatoms. The van der Waals surface area contributed by atoms with Gasteiger partial charge in [-0.3, -0.25) is 9.88 Å². The van der Waals surface area contributed by atoms with Gasteiger partial charge in [-0.1, -0.05) is 5.92 Å². The number of amides is 2. The molecule has 5 nitrogen and oxygen atoms in total. The third-order valence-corrected chi connectivity index (χ3v) is 2.82. The molecule has 0 fully saturated rings. The van der Waals surface area contributed by atoms with Crippen molar-refractivity contribution in [1.82, 2.24) is 9.88 Å². The summed E-state index contributed by atoms with van der Waals surface area (Å²) in [6, 6.07) is 2.72. The first-order valence-corrected chi connectivity index (χ1v) is 5.62. The maximum atomic E-state index is 11.6. The van der Waals surface area contributed by atoms with Crippen LogP contribution < -0.4 is 5.73 Å². The molecule has 0 aromatic carbocycles. The quantitative estimate of drug-likeness (QED) is 0.836. The molecule has 2 N–H and O–H groups in total. The van der Waals surface area contributed by atoms with Crippen molar-refractivity contribution in [3.05, 3.63) is 28.5 Å². The van der Waals surface area contributed by atoms with Gasteiger partial charge in [-0.15, -0.1) is 6.42 Å². The van der Waals surface area contributed by atoms with E-state index in [-0.39, 0.29) is 12.4 Å². The Morgan fingerprint density at radius 2 is 2.35 bits per heavy atom. The minimum absolute atomic E-state index is 0.158. The lowest BCUT2D eigenvalue weighted by Gasteiger charge is -2.21. The van der Waals surface area contributed by atoms with E-state index in [0.717, 1.165) is 4.47 Å². The SMILES string of the molecule is C#CCN1C(=O)N=C(N)C1c1ccc(Br)cn1. The number of terminal acetylenes is 1. The molecule has 1 aliphatic heterocycles. The van der Waals surface area contributed by atoms with Gasteiger partial charge in [-0.05, 0) is 28.1 Å². The highest BCUT2D eigenvalue weighted by atomic mass is 79.9. The Bertz CT molecular complexity index is 517. The van der Waals surface area contributed by atoms with Crippen molar-refractivity contribution in [2.75, 3.05) is 6.54 Å². The molecule has 1 atom stereocenters. The predicted octanol–water partition coefficient (Wildman–Crippen LogP) is 1.31. The van der Waals surface area contributed by atoms with Crippen LogP contribution in [-0.4, -0.2) is 28.3 Å². The van der Waals surface area contributed by atoms with E-state index in [1.54, 1.807) is 12.3 Å². The van der Waals surface area contributed by atoms with Gasteiger partial charge in [0.25, 0.3) is 0 Å². The van der Waals surface area contributed by atoms with E-state index in [9.17, 15) is 4.79 Å². The highest BCUT2D eigenvalue weighted by Crippen LogP contribution is 2.25. The smallest absolute Gasteiger partial charge is 0.347 e. The molecular formula is C11H9BrN4O. The Hall–Kier alpha value is -1.87. The van der Waals surface area contributed by atoms with E-state index in [0.29, 0.717) is 5.69 Å². The van der Waals surface area contributed by atoms with E-state index in [2.05, 4.69) is 31.8 Å². The Morgan fingerprint density at radius 1 is 1.59 bits per heavy atom. The van der Waals surface area contributed by atoms with Gasteiger partial charge in [0.05, 0.1) is 12.2 Å². The molecule has 1 aliphatic rings. The lowest BCUT2D eigenvalue weighted by atomic mass is 10.1. The number of pyridine rings is 1. The molecule has 0 radical (unpaired) electrons. The molecule has 0 spiro atoms. The number of nitrogens with two attached hydrogens (primary N) is 1.